The summed E-state index contributed by atoms with van der Waals surface area (Å²) in [5, 5.41) is 2.79. The van der Waals surface area contributed by atoms with Gasteiger partial charge in [0.05, 0.1) is 24.5 Å². The molecule has 0 aromatic heterocycles. The summed E-state index contributed by atoms with van der Waals surface area (Å²) in [5.74, 6) is 0.536. The van der Waals surface area contributed by atoms with Gasteiger partial charge in [0, 0.05) is 0 Å². The van der Waals surface area contributed by atoms with E-state index in [9.17, 15) is 13.2 Å². The molecule has 1 aliphatic rings. The van der Waals surface area contributed by atoms with Gasteiger partial charge < -0.3 is 14.8 Å². The first-order valence-electron chi connectivity index (χ1n) is 11.1. The summed E-state index contributed by atoms with van der Waals surface area (Å²) in [6.07, 6.45) is -0.970. The van der Waals surface area contributed by atoms with Crippen molar-refractivity contribution in [2.75, 3.05) is 24.0 Å². The molecule has 1 N–H and O–H groups in total. The summed E-state index contributed by atoms with van der Waals surface area (Å²) >= 11 is 0. The molecule has 0 saturated carbocycles. The molecular weight excluding hydrogens is 452 g/mol. The average molecular weight is 481 g/mol. The lowest BCUT2D eigenvalue weighted by atomic mass is 10.1. The minimum Gasteiger partial charge on any atom is -0.492 e. The van der Waals surface area contributed by atoms with Crippen LogP contribution in [0.4, 0.5) is 5.69 Å². The van der Waals surface area contributed by atoms with Gasteiger partial charge in [0.25, 0.3) is 5.91 Å². The molecule has 3 aromatic rings. The number of carbonyl (C=O) groups excluding carboxylic acids is 1. The third kappa shape index (κ3) is 5.51. The maximum absolute atomic E-state index is 13.3. The van der Waals surface area contributed by atoms with Crippen molar-refractivity contribution in [3.63, 3.8) is 0 Å². The topological polar surface area (TPSA) is 84.9 Å². The van der Waals surface area contributed by atoms with Crippen LogP contribution in [0.1, 0.15) is 16.7 Å². The predicted octanol–water partition coefficient (Wildman–Crippen LogP) is 3.60. The highest BCUT2D eigenvalue weighted by atomic mass is 32.2. The zero-order valence-electron chi connectivity index (χ0n) is 19.2. The van der Waals surface area contributed by atoms with Crippen LogP contribution in [0.2, 0.25) is 0 Å². The van der Waals surface area contributed by atoms with E-state index in [1.807, 2.05) is 38.1 Å². The van der Waals surface area contributed by atoms with Gasteiger partial charge in [-0.25, -0.2) is 8.42 Å². The first-order valence-corrected chi connectivity index (χ1v) is 12.7. The number of aryl methyl sites for hydroxylation is 2. The van der Waals surface area contributed by atoms with Crippen LogP contribution in [0, 0.1) is 13.8 Å². The predicted molar refractivity (Wildman–Crippen MR) is 132 cm³/mol. The van der Waals surface area contributed by atoms with E-state index < -0.39 is 22.0 Å². The summed E-state index contributed by atoms with van der Waals surface area (Å²) < 4.78 is 39.4. The van der Waals surface area contributed by atoms with Crippen LogP contribution in [0.3, 0.4) is 0 Å². The average Bonchev–Trinajstić information content (AvgIpc) is 2.83. The standard InChI is InChI=1S/C26H28N2O5S/c1-19-12-13-22(16-20(19)2)32-15-14-27-26(29)25-17-28(23-10-6-7-11-24(23)33-25)34(30,31)18-21-8-4-3-5-9-21/h3-13,16,25H,14-15,17-18H2,1-2H3,(H,27,29)/t25-/m1/s1. The molecule has 1 atom stereocenters. The lowest BCUT2D eigenvalue weighted by Crippen LogP contribution is -2.51. The second-order valence-corrected chi connectivity index (χ2v) is 10.1. The second kappa shape index (κ2) is 10.2. The molecule has 4 rings (SSSR count). The normalized spacial score (nSPS) is 15.2. The summed E-state index contributed by atoms with van der Waals surface area (Å²) in [5.41, 5.74) is 3.42. The molecule has 0 spiro atoms. The van der Waals surface area contributed by atoms with Crippen LogP contribution in [-0.2, 0) is 20.6 Å². The van der Waals surface area contributed by atoms with Crippen LogP contribution in [0.5, 0.6) is 11.5 Å². The van der Waals surface area contributed by atoms with Crippen LogP contribution in [-0.4, -0.2) is 40.1 Å². The van der Waals surface area contributed by atoms with Gasteiger partial charge in [0.2, 0.25) is 10.0 Å². The zero-order valence-corrected chi connectivity index (χ0v) is 20.0. The largest absolute Gasteiger partial charge is 0.492 e. The smallest absolute Gasteiger partial charge is 0.263 e. The van der Waals surface area contributed by atoms with Crippen LogP contribution in [0.15, 0.2) is 72.8 Å². The number of rotatable bonds is 8. The molecule has 0 bridgehead atoms. The molecule has 1 amide bonds. The molecule has 0 radical (unpaired) electrons. The van der Waals surface area contributed by atoms with E-state index in [0.29, 0.717) is 17.0 Å². The van der Waals surface area contributed by atoms with Gasteiger partial charge in [-0.1, -0.05) is 48.5 Å². The number of hydrogen-bond donors (Lipinski definition) is 1. The Hall–Kier alpha value is -3.52. The van der Waals surface area contributed by atoms with Gasteiger partial charge in [-0.05, 0) is 54.8 Å². The second-order valence-electron chi connectivity index (χ2n) is 8.23. The Labute approximate surface area is 200 Å². The fraction of sp³-hybridized carbons (Fsp3) is 0.269. The fourth-order valence-corrected chi connectivity index (χ4v) is 5.31. The molecule has 1 aliphatic heterocycles. The van der Waals surface area contributed by atoms with E-state index in [2.05, 4.69) is 5.32 Å². The van der Waals surface area contributed by atoms with E-state index in [-0.39, 0.29) is 25.4 Å². The molecule has 1 heterocycles. The first-order chi connectivity index (χ1) is 16.3. The van der Waals surface area contributed by atoms with Crippen molar-refractivity contribution in [2.45, 2.75) is 25.7 Å². The minimum absolute atomic E-state index is 0.101. The Morgan fingerprint density at radius 3 is 2.53 bits per heavy atom. The van der Waals surface area contributed by atoms with Crippen molar-refractivity contribution in [3.8, 4) is 11.5 Å². The molecular formula is C26H28N2O5S. The van der Waals surface area contributed by atoms with E-state index in [1.54, 1.807) is 48.5 Å². The number of carbonyl (C=O) groups is 1. The quantitative estimate of drug-likeness (QED) is 0.498. The van der Waals surface area contributed by atoms with Crippen molar-refractivity contribution in [2.24, 2.45) is 0 Å². The third-order valence-corrected chi connectivity index (χ3v) is 7.42. The van der Waals surface area contributed by atoms with E-state index in [1.165, 1.54) is 9.87 Å². The van der Waals surface area contributed by atoms with Crippen LogP contribution in [0.25, 0.3) is 0 Å². The first kappa shape index (κ1) is 23.6. The number of ether oxygens (including phenoxy) is 2. The monoisotopic (exact) mass is 480 g/mol. The molecule has 34 heavy (non-hydrogen) atoms. The van der Waals surface area contributed by atoms with Gasteiger partial charge >= 0.3 is 0 Å². The van der Waals surface area contributed by atoms with Gasteiger partial charge in [0.15, 0.2) is 6.10 Å². The maximum atomic E-state index is 13.3. The van der Waals surface area contributed by atoms with Gasteiger partial charge in [0.1, 0.15) is 18.1 Å². The Morgan fingerprint density at radius 1 is 1.03 bits per heavy atom. The summed E-state index contributed by atoms with van der Waals surface area (Å²) in [7, 11) is -3.74. The number of fused-ring (bicyclic) bond motifs is 1. The van der Waals surface area contributed by atoms with Gasteiger partial charge in [-0.3, -0.25) is 9.10 Å². The van der Waals surface area contributed by atoms with Gasteiger partial charge in [-0.2, -0.15) is 0 Å². The highest BCUT2D eigenvalue weighted by Crippen LogP contribution is 2.35. The van der Waals surface area contributed by atoms with Crippen molar-refractivity contribution in [3.05, 3.63) is 89.5 Å². The molecule has 8 heteroatoms. The fourth-order valence-electron chi connectivity index (χ4n) is 3.73. The number of nitrogens with one attached hydrogen (secondary N) is 1. The SMILES string of the molecule is Cc1ccc(OCCNC(=O)[C@H]2CN(S(=O)(=O)Cc3ccccc3)c3ccccc3O2)cc1C. The Kier molecular flexibility index (Phi) is 7.07. The number of nitrogens with zero attached hydrogens (tertiary/aromatic N) is 1. The molecule has 0 fully saturated rings. The van der Waals surface area contributed by atoms with Crippen LogP contribution >= 0.6 is 0 Å². The number of hydrogen-bond acceptors (Lipinski definition) is 5. The number of sulfonamides is 1. The van der Waals surface area contributed by atoms with E-state index in [0.717, 1.165) is 11.3 Å². The van der Waals surface area contributed by atoms with Crippen molar-refractivity contribution in [1.82, 2.24) is 5.32 Å². The number of amides is 1. The summed E-state index contributed by atoms with van der Waals surface area (Å²) in [4.78, 5) is 12.8. The van der Waals surface area contributed by atoms with Gasteiger partial charge in [-0.15, -0.1) is 0 Å². The highest BCUT2D eigenvalue weighted by molar-refractivity contribution is 7.92. The van der Waals surface area contributed by atoms with Crippen molar-refractivity contribution in [1.29, 1.82) is 0 Å². The number of para-hydroxylation sites is 2. The van der Waals surface area contributed by atoms with Crippen LogP contribution < -0.4 is 19.1 Å². The Morgan fingerprint density at radius 2 is 1.76 bits per heavy atom. The Balaban J connectivity index is 1.41. The minimum atomic E-state index is -3.74. The van der Waals surface area contributed by atoms with E-state index >= 15 is 0 Å². The molecule has 0 aliphatic carbocycles. The molecule has 178 valence electrons. The number of anilines is 1. The lowest BCUT2D eigenvalue weighted by Gasteiger charge is -2.34. The summed E-state index contributed by atoms with van der Waals surface area (Å²) in [6.45, 7) is 4.50. The molecule has 3 aromatic carbocycles. The van der Waals surface area contributed by atoms with Crippen molar-refractivity contribution >= 4 is 21.6 Å². The zero-order chi connectivity index (χ0) is 24.1. The lowest BCUT2D eigenvalue weighted by molar-refractivity contribution is -0.127. The van der Waals surface area contributed by atoms with E-state index in [4.69, 9.17) is 9.47 Å². The summed E-state index contributed by atoms with van der Waals surface area (Å²) in [6, 6.07) is 21.7. The molecule has 7 nitrogen and oxygen atoms in total. The molecule has 0 saturated heterocycles. The Bertz CT molecular complexity index is 1260. The highest BCUT2D eigenvalue weighted by Gasteiger charge is 2.36. The maximum Gasteiger partial charge on any atom is 0.263 e. The third-order valence-electron chi connectivity index (χ3n) is 5.70. The van der Waals surface area contributed by atoms with Crippen molar-refractivity contribution < 1.29 is 22.7 Å². The number of benzene rings is 3. The molecule has 0 unspecified atom stereocenters.